The third kappa shape index (κ3) is 3.47. The minimum Gasteiger partial charge on any atom is -0.340 e. The van der Waals surface area contributed by atoms with E-state index in [1.807, 2.05) is 22.7 Å². The Balaban J connectivity index is 1.27. The quantitative estimate of drug-likeness (QED) is 0.666. The number of aromatic nitrogens is 3. The second-order valence-corrected chi connectivity index (χ2v) is 8.87. The maximum Gasteiger partial charge on any atom is 0.222 e. The topological polar surface area (TPSA) is 53.7 Å². The lowest BCUT2D eigenvalue weighted by atomic mass is 10.1. The Morgan fingerprint density at radius 3 is 2.57 bits per heavy atom. The fourth-order valence-corrected chi connectivity index (χ4v) is 5.33. The van der Waals surface area contributed by atoms with Crippen molar-refractivity contribution in [1.29, 1.82) is 0 Å². The summed E-state index contributed by atoms with van der Waals surface area (Å²) in [7, 11) is 0. The van der Waals surface area contributed by atoms with Gasteiger partial charge in [-0.2, -0.15) is 5.10 Å². The Morgan fingerprint density at radius 1 is 1.07 bits per heavy atom. The molecule has 6 heteroatoms. The minimum atomic E-state index is 0.269. The summed E-state index contributed by atoms with van der Waals surface area (Å²) in [4.78, 5) is 22.4. The van der Waals surface area contributed by atoms with Crippen LogP contribution in [-0.2, 0) is 11.2 Å². The van der Waals surface area contributed by atoms with Crippen molar-refractivity contribution in [1.82, 2.24) is 24.4 Å². The van der Waals surface area contributed by atoms with Gasteiger partial charge in [0, 0.05) is 55.4 Å². The van der Waals surface area contributed by atoms with Crippen LogP contribution in [0.2, 0.25) is 0 Å². The summed E-state index contributed by atoms with van der Waals surface area (Å²) >= 11 is 0. The van der Waals surface area contributed by atoms with Gasteiger partial charge in [-0.3, -0.25) is 9.69 Å². The van der Waals surface area contributed by atoms with E-state index in [0.29, 0.717) is 6.42 Å². The lowest BCUT2D eigenvalue weighted by Gasteiger charge is -2.38. The van der Waals surface area contributed by atoms with Gasteiger partial charge in [0.2, 0.25) is 5.91 Å². The summed E-state index contributed by atoms with van der Waals surface area (Å²) in [5.74, 6) is 0.269. The first-order chi connectivity index (χ1) is 14.6. The maximum atomic E-state index is 12.9. The zero-order chi connectivity index (χ0) is 20.7. The Hall–Kier alpha value is -2.47. The molecule has 2 aromatic heterocycles. The maximum absolute atomic E-state index is 12.9. The summed E-state index contributed by atoms with van der Waals surface area (Å²) in [6.07, 6.45) is 6.67. The highest BCUT2D eigenvalue weighted by molar-refractivity contribution is 5.92. The van der Waals surface area contributed by atoms with E-state index in [4.69, 9.17) is 10.1 Å². The molecule has 1 aliphatic carbocycles. The van der Waals surface area contributed by atoms with Crippen molar-refractivity contribution in [3.05, 3.63) is 41.2 Å². The zero-order valence-corrected chi connectivity index (χ0v) is 18.1. The molecule has 3 heterocycles. The number of fused-ring (bicyclic) bond motifs is 3. The molecule has 0 unspecified atom stereocenters. The summed E-state index contributed by atoms with van der Waals surface area (Å²) in [6, 6.07) is 8.87. The third-order valence-corrected chi connectivity index (χ3v) is 7.12. The number of amides is 1. The smallest absolute Gasteiger partial charge is 0.222 e. The van der Waals surface area contributed by atoms with Crippen molar-refractivity contribution in [3.63, 3.8) is 0 Å². The predicted octanol–water partition coefficient (Wildman–Crippen LogP) is 3.52. The monoisotopic (exact) mass is 405 g/mol. The molecule has 30 heavy (non-hydrogen) atoms. The van der Waals surface area contributed by atoms with E-state index in [-0.39, 0.29) is 5.91 Å². The molecule has 1 aliphatic heterocycles. The van der Waals surface area contributed by atoms with Gasteiger partial charge in [0.25, 0.3) is 0 Å². The van der Waals surface area contributed by atoms with Gasteiger partial charge in [0.1, 0.15) is 0 Å². The highest BCUT2D eigenvalue weighted by atomic mass is 16.2. The Labute approximate surface area is 177 Å². The van der Waals surface area contributed by atoms with Gasteiger partial charge in [0.15, 0.2) is 5.65 Å². The number of benzene rings is 1. The summed E-state index contributed by atoms with van der Waals surface area (Å²) in [5.41, 5.74) is 5.10. The second-order valence-electron chi connectivity index (χ2n) is 8.87. The molecule has 1 amide bonds. The van der Waals surface area contributed by atoms with Gasteiger partial charge >= 0.3 is 0 Å². The number of aryl methyl sites for hydroxylation is 2. The normalized spacial score (nSPS) is 18.7. The second kappa shape index (κ2) is 7.99. The van der Waals surface area contributed by atoms with Crippen LogP contribution in [0.15, 0.2) is 24.3 Å². The van der Waals surface area contributed by atoms with E-state index in [1.54, 1.807) is 0 Å². The molecular formula is C24H31N5O. The van der Waals surface area contributed by atoms with Crippen LogP contribution in [0.3, 0.4) is 0 Å². The Kier molecular flexibility index (Phi) is 5.19. The number of carbonyl (C=O) groups excluding carboxylic acids is 1. The molecule has 1 saturated carbocycles. The molecule has 5 rings (SSSR count). The van der Waals surface area contributed by atoms with Crippen molar-refractivity contribution in [3.8, 4) is 0 Å². The van der Waals surface area contributed by atoms with E-state index < -0.39 is 0 Å². The molecule has 6 nitrogen and oxygen atoms in total. The van der Waals surface area contributed by atoms with Gasteiger partial charge in [-0.25, -0.2) is 9.50 Å². The van der Waals surface area contributed by atoms with Crippen molar-refractivity contribution in [2.24, 2.45) is 0 Å². The highest BCUT2D eigenvalue weighted by Gasteiger charge is 2.27. The fourth-order valence-electron chi connectivity index (χ4n) is 5.33. The van der Waals surface area contributed by atoms with Gasteiger partial charge < -0.3 is 4.90 Å². The van der Waals surface area contributed by atoms with E-state index in [2.05, 4.69) is 29.7 Å². The number of hydrogen-bond acceptors (Lipinski definition) is 4. The van der Waals surface area contributed by atoms with Gasteiger partial charge in [-0.15, -0.1) is 0 Å². The van der Waals surface area contributed by atoms with E-state index >= 15 is 0 Å². The number of carbonyl (C=O) groups is 1. The molecule has 1 aromatic carbocycles. The largest absolute Gasteiger partial charge is 0.340 e. The lowest BCUT2D eigenvalue weighted by molar-refractivity contribution is -0.133. The average molecular weight is 406 g/mol. The van der Waals surface area contributed by atoms with Crippen molar-refractivity contribution in [2.45, 2.75) is 58.4 Å². The molecule has 0 radical (unpaired) electrons. The molecule has 0 atom stereocenters. The first-order valence-corrected chi connectivity index (χ1v) is 11.4. The van der Waals surface area contributed by atoms with Gasteiger partial charge in [-0.1, -0.05) is 25.0 Å². The molecule has 2 aliphatic rings. The van der Waals surface area contributed by atoms with Crippen LogP contribution in [0.1, 0.15) is 49.1 Å². The van der Waals surface area contributed by atoms with Crippen molar-refractivity contribution in [2.75, 3.05) is 26.2 Å². The summed E-state index contributed by atoms with van der Waals surface area (Å²) in [6.45, 7) is 7.94. The predicted molar refractivity (Wildman–Crippen MR) is 119 cm³/mol. The van der Waals surface area contributed by atoms with Crippen LogP contribution in [0, 0.1) is 13.8 Å². The number of nitrogens with zero attached hydrogens (tertiary/aromatic N) is 5. The lowest BCUT2D eigenvalue weighted by Crippen LogP contribution is -2.51. The van der Waals surface area contributed by atoms with Crippen LogP contribution in [0.4, 0.5) is 0 Å². The standard InChI is InChI=1S/C24H31N5O/c1-17-20(18(2)29-24(25-17)21-9-5-6-10-22(21)26-29)11-12-23(30)28-15-13-27(14-16-28)19-7-3-4-8-19/h5-6,9-10,19H,3-4,7-8,11-16H2,1-2H3. The molecule has 0 N–H and O–H groups in total. The molecule has 3 aromatic rings. The van der Waals surface area contributed by atoms with Crippen LogP contribution in [0.25, 0.3) is 16.6 Å². The van der Waals surface area contributed by atoms with Gasteiger partial charge in [0.05, 0.1) is 5.52 Å². The van der Waals surface area contributed by atoms with Crippen molar-refractivity contribution < 1.29 is 4.79 Å². The van der Waals surface area contributed by atoms with Crippen LogP contribution >= 0.6 is 0 Å². The first-order valence-electron chi connectivity index (χ1n) is 11.4. The summed E-state index contributed by atoms with van der Waals surface area (Å²) in [5, 5.41) is 5.81. The minimum absolute atomic E-state index is 0.269. The Morgan fingerprint density at radius 2 is 1.80 bits per heavy atom. The first kappa shape index (κ1) is 19.5. The fraction of sp³-hybridized carbons (Fsp3) is 0.542. The molecule has 1 saturated heterocycles. The van der Waals surface area contributed by atoms with E-state index in [9.17, 15) is 4.79 Å². The molecule has 158 valence electrons. The summed E-state index contributed by atoms with van der Waals surface area (Å²) < 4.78 is 1.94. The van der Waals surface area contributed by atoms with Crippen LogP contribution in [0.5, 0.6) is 0 Å². The molecular weight excluding hydrogens is 374 g/mol. The highest BCUT2D eigenvalue weighted by Crippen LogP contribution is 2.25. The number of hydrogen-bond donors (Lipinski definition) is 0. The molecule has 0 bridgehead atoms. The number of rotatable bonds is 4. The van der Waals surface area contributed by atoms with E-state index in [0.717, 1.165) is 72.1 Å². The number of piperazine rings is 1. The van der Waals surface area contributed by atoms with Crippen LogP contribution < -0.4 is 0 Å². The SMILES string of the molecule is Cc1nc2c3ccccc3nn2c(C)c1CCC(=O)N1CCN(C2CCCC2)CC1. The van der Waals surface area contributed by atoms with Gasteiger partial charge in [-0.05, 0) is 50.8 Å². The average Bonchev–Trinajstić information content (AvgIpc) is 3.42. The molecule has 2 fully saturated rings. The zero-order valence-electron chi connectivity index (χ0n) is 18.1. The molecule has 0 spiro atoms. The van der Waals surface area contributed by atoms with Crippen LogP contribution in [-0.4, -0.2) is 62.5 Å². The van der Waals surface area contributed by atoms with E-state index in [1.165, 1.54) is 25.7 Å². The third-order valence-electron chi connectivity index (χ3n) is 7.12. The Bertz CT molecular complexity index is 1070. The van der Waals surface area contributed by atoms with Crippen molar-refractivity contribution >= 4 is 22.5 Å².